The monoisotopic (exact) mass is 431 g/mol. The van der Waals surface area contributed by atoms with Gasteiger partial charge in [-0.3, -0.25) is 14.3 Å². The minimum atomic E-state index is -0.428. The van der Waals surface area contributed by atoms with Crippen molar-refractivity contribution < 1.29 is 9.59 Å². The van der Waals surface area contributed by atoms with Crippen molar-refractivity contribution in [2.45, 2.75) is 26.3 Å². The molecule has 1 aliphatic rings. The molecule has 32 heavy (non-hydrogen) atoms. The summed E-state index contributed by atoms with van der Waals surface area (Å²) in [5, 5.41) is 4.55. The summed E-state index contributed by atoms with van der Waals surface area (Å²) in [4.78, 5) is 28.7. The van der Waals surface area contributed by atoms with E-state index in [1.807, 2.05) is 39.9 Å². The van der Waals surface area contributed by atoms with Gasteiger partial charge in [-0.1, -0.05) is 43.7 Å². The molecule has 0 aliphatic carbocycles. The number of benzene rings is 2. The lowest BCUT2D eigenvalue weighted by atomic mass is 10.1. The maximum absolute atomic E-state index is 13.3. The molecular weight excluding hydrogens is 402 g/mol. The molecule has 7 nitrogen and oxygen atoms in total. The molecule has 2 heterocycles. The number of amides is 2. The molecule has 7 heteroatoms. The fourth-order valence-corrected chi connectivity index (χ4v) is 4.16. The number of anilines is 1. The molecule has 0 saturated carbocycles. The topological polar surface area (TPSA) is 84.5 Å². The Kier molecular flexibility index (Phi) is 6.54. The van der Waals surface area contributed by atoms with Crippen LogP contribution in [0.25, 0.3) is 0 Å². The van der Waals surface area contributed by atoms with Gasteiger partial charge in [-0.25, -0.2) is 0 Å². The fraction of sp³-hybridized carbons (Fsp3) is 0.320. The Morgan fingerprint density at radius 3 is 2.28 bits per heavy atom. The van der Waals surface area contributed by atoms with Gasteiger partial charge in [0, 0.05) is 37.4 Å². The first kappa shape index (κ1) is 21.6. The van der Waals surface area contributed by atoms with E-state index in [0.29, 0.717) is 30.8 Å². The number of piperazine rings is 1. The summed E-state index contributed by atoms with van der Waals surface area (Å²) in [6.45, 7) is 5.55. The zero-order valence-corrected chi connectivity index (χ0v) is 18.4. The van der Waals surface area contributed by atoms with Crippen molar-refractivity contribution in [2.24, 2.45) is 5.73 Å². The SMILES string of the molecule is CCCc1c(C(=O)N2CCN(c3ccc(C(N)=O)cc3)CC2)cnn1Cc1ccccc1. The molecule has 2 amide bonds. The Bertz CT molecular complexity index is 1070. The van der Waals surface area contributed by atoms with E-state index in [4.69, 9.17) is 5.73 Å². The highest BCUT2D eigenvalue weighted by atomic mass is 16.2. The third-order valence-corrected chi connectivity index (χ3v) is 5.92. The van der Waals surface area contributed by atoms with Gasteiger partial charge >= 0.3 is 0 Å². The van der Waals surface area contributed by atoms with Crippen LogP contribution in [0.15, 0.2) is 60.8 Å². The lowest BCUT2D eigenvalue weighted by Gasteiger charge is -2.36. The first-order chi connectivity index (χ1) is 15.6. The van der Waals surface area contributed by atoms with Crippen LogP contribution in [0.5, 0.6) is 0 Å². The Morgan fingerprint density at radius 1 is 0.969 bits per heavy atom. The second-order valence-corrected chi connectivity index (χ2v) is 8.09. The van der Waals surface area contributed by atoms with Crippen molar-refractivity contribution in [3.63, 3.8) is 0 Å². The maximum atomic E-state index is 13.3. The predicted molar refractivity (Wildman–Crippen MR) is 125 cm³/mol. The highest BCUT2D eigenvalue weighted by Crippen LogP contribution is 2.20. The minimum absolute atomic E-state index is 0.0523. The molecule has 1 saturated heterocycles. The quantitative estimate of drug-likeness (QED) is 0.623. The minimum Gasteiger partial charge on any atom is -0.368 e. The molecule has 2 N–H and O–H groups in total. The summed E-state index contributed by atoms with van der Waals surface area (Å²) in [6.07, 6.45) is 3.50. The molecule has 3 aromatic rings. The van der Waals surface area contributed by atoms with Crippen LogP contribution in [-0.2, 0) is 13.0 Å². The van der Waals surface area contributed by atoms with E-state index in [0.717, 1.165) is 37.3 Å². The second kappa shape index (κ2) is 9.68. The number of carbonyl (C=O) groups excluding carboxylic acids is 2. The van der Waals surface area contributed by atoms with Crippen LogP contribution in [0.2, 0.25) is 0 Å². The molecule has 0 unspecified atom stereocenters. The maximum Gasteiger partial charge on any atom is 0.257 e. The van der Waals surface area contributed by atoms with Crippen LogP contribution in [0.3, 0.4) is 0 Å². The number of nitrogens with two attached hydrogens (primary N) is 1. The molecule has 0 atom stereocenters. The summed E-state index contributed by atoms with van der Waals surface area (Å²) >= 11 is 0. The zero-order valence-electron chi connectivity index (χ0n) is 18.4. The molecule has 0 spiro atoms. The van der Waals surface area contributed by atoms with E-state index >= 15 is 0 Å². The first-order valence-corrected chi connectivity index (χ1v) is 11.1. The van der Waals surface area contributed by atoms with Crippen LogP contribution < -0.4 is 10.6 Å². The third-order valence-electron chi connectivity index (χ3n) is 5.92. The predicted octanol–water partition coefficient (Wildman–Crippen LogP) is 2.95. The molecular formula is C25H29N5O2. The van der Waals surface area contributed by atoms with E-state index in [9.17, 15) is 9.59 Å². The fourth-order valence-electron chi connectivity index (χ4n) is 4.16. The van der Waals surface area contributed by atoms with E-state index in [1.54, 1.807) is 18.3 Å². The van der Waals surface area contributed by atoms with E-state index in [-0.39, 0.29) is 5.91 Å². The third kappa shape index (κ3) is 4.66. The largest absolute Gasteiger partial charge is 0.368 e. The standard InChI is InChI=1S/C25H29N5O2/c1-2-6-23-22(17-27-30(23)18-19-7-4-3-5-8-19)25(32)29-15-13-28(14-16-29)21-11-9-20(10-12-21)24(26)31/h3-5,7-12,17H,2,6,13-16,18H2,1H3,(H2,26,31). The molecule has 1 aromatic heterocycles. The summed E-state index contributed by atoms with van der Waals surface area (Å²) in [6, 6.07) is 17.5. The average molecular weight is 432 g/mol. The number of carbonyl (C=O) groups is 2. The zero-order chi connectivity index (χ0) is 22.5. The number of hydrogen-bond donors (Lipinski definition) is 1. The van der Waals surface area contributed by atoms with Gasteiger partial charge in [-0.2, -0.15) is 5.10 Å². The van der Waals surface area contributed by atoms with Crippen molar-refractivity contribution in [3.8, 4) is 0 Å². The van der Waals surface area contributed by atoms with Crippen LogP contribution in [0, 0.1) is 0 Å². The summed E-state index contributed by atoms with van der Waals surface area (Å²) in [5.74, 6) is -0.376. The molecule has 4 rings (SSSR count). The molecule has 0 bridgehead atoms. The van der Waals surface area contributed by atoms with Crippen molar-refractivity contribution in [1.82, 2.24) is 14.7 Å². The number of rotatable bonds is 7. The van der Waals surface area contributed by atoms with Gasteiger partial charge in [0.1, 0.15) is 0 Å². The van der Waals surface area contributed by atoms with Crippen LogP contribution in [0.4, 0.5) is 5.69 Å². The van der Waals surface area contributed by atoms with Gasteiger partial charge in [0.2, 0.25) is 5.91 Å². The van der Waals surface area contributed by atoms with Gasteiger partial charge < -0.3 is 15.5 Å². The van der Waals surface area contributed by atoms with Gasteiger partial charge in [0.05, 0.1) is 24.0 Å². The van der Waals surface area contributed by atoms with E-state index in [1.165, 1.54) is 5.56 Å². The molecule has 1 fully saturated rings. The summed E-state index contributed by atoms with van der Waals surface area (Å²) in [5.41, 5.74) is 9.74. The lowest BCUT2D eigenvalue weighted by Crippen LogP contribution is -2.49. The van der Waals surface area contributed by atoms with Crippen molar-refractivity contribution in [2.75, 3.05) is 31.1 Å². The van der Waals surface area contributed by atoms with Crippen LogP contribution in [0.1, 0.15) is 45.3 Å². The van der Waals surface area contributed by atoms with Crippen LogP contribution in [-0.4, -0.2) is 52.7 Å². The summed E-state index contributed by atoms with van der Waals surface area (Å²) < 4.78 is 1.96. The molecule has 166 valence electrons. The highest BCUT2D eigenvalue weighted by Gasteiger charge is 2.26. The van der Waals surface area contributed by atoms with Gasteiger partial charge in [-0.05, 0) is 36.2 Å². The van der Waals surface area contributed by atoms with Crippen molar-refractivity contribution >= 4 is 17.5 Å². The molecule has 1 aliphatic heterocycles. The Balaban J connectivity index is 1.44. The summed E-state index contributed by atoms with van der Waals surface area (Å²) in [7, 11) is 0. The van der Waals surface area contributed by atoms with E-state index in [2.05, 4.69) is 29.1 Å². The second-order valence-electron chi connectivity index (χ2n) is 8.09. The Labute approximate surface area is 188 Å². The Hall–Kier alpha value is -3.61. The smallest absolute Gasteiger partial charge is 0.257 e. The molecule has 2 aromatic carbocycles. The lowest BCUT2D eigenvalue weighted by molar-refractivity contribution is 0.0745. The number of aromatic nitrogens is 2. The van der Waals surface area contributed by atoms with Crippen molar-refractivity contribution in [3.05, 3.63) is 83.2 Å². The average Bonchev–Trinajstić information content (AvgIpc) is 3.22. The molecule has 0 radical (unpaired) electrons. The van der Waals surface area contributed by atoms with Gasteiger partial charge in [0.15, 0.2) is 0 Å². The first-order valence-electron chi connectivity index (χ1n) is 11.1. The van der Waals surface area contributed by atoms with Crippen LogP contribution >= 0.6 is 0 Å². The number of primary amides is 1. The van der Waals surface area contributed by atoms with Crippen molar-refractivity contribution in [1.29, 1.82) is 0 Å². The van der Waals surface area contributed by atoms with Gasteiger partial charge in [-0.15, -0.1) is 0 Å². The number of hydrogen-bond acceptors (Lipinski definition) is 4. The number of nitrogens with zero attached hydrogens (tertiary/aromatic N) is 4. The Morgan fingerprint density at radius 2 is 1.66 bits per heavy atom. The van der Waals surface area contributed by atoms with E-state index < -0.39 is 5.91 Å². The normalized spacial score (nSPS) is 13.9. The highest BCUT2D eigenvalue weighted by molar-refractivity contribution is 5.95. The van der Waals surface area contributed by atoms with Gasteiger partial charge in [0.25, 0.3) is 5.91 Å².